The molecule has 0 spiro atoms. The van der Waals surface area contributed by atoms with Crippen molar-refractivity contribution in [3.63, 3.8) is 0 Å². The quantitative estimate of drug-likeness (QED) is 0.894. The topological polar surface area (TPSA) is 28.2 Å². The standard InChI is InChI=1S/C16H21N3/c1-2-14-7-10-19(11-9-18-14)16-5-3-4-13-12-17-8-6-15(13)16/h3-6,8,12,14,18H,2,7,9-11H2,1H3. The zero-order valence-corrected chi connectivity index (χ0v) is 11.5. The van der Waals surface area contributed by atoms with E-state index in [1.165, 1.54) is 29.3 Å². The van der Waals surface area contributed by atoms with E-state index in [0.29, 0.717) is 6.04 Å². The minimum atomic E-state index is 0.668. The van der Waals surface area contributed by atoms with Gasteiger partial charge in [0.25, 0.3) is 0 Å². The average molecular weight is 255 g/mol. The van der Waals surface area contributed by atoms with Crippen LogP contribution in [0.3, 0.4) is 0 Å². The van der Waals surface area contributed by atoms with E-state index >= 15 is 0 Å². The van der Waals surface area contributed by atoms with Gasteiger partial charge in [-0.2, -0.15) is 0 Å². The monoisotopic (exact) mass is 255 g/mol. The molecule has 19 heavy (non-hydrogen) atoms. The molecule has 0 amide bonds. The molecule has 1 atom stereocenters. The van der Waals surface area contributed by atoms with E-state index in [1.807, 2.05) is 12.4 Å². The lowest BCUT2D eigenvalue weighted by Gasteiger charge is -2.24. The van der Waals surface area contributed by atoms with Crippen LogP contribution in [0, 0.1) is 0 Å². The van der Waals surface area contributed by atoms with Crippen LogP contribution in [0.1, 0.15) is 19.8 Å². The smallest absolute Gasteiger partial charge is 0.0447 e. The van der Waals surface area contributed by atoms with Gasteiger partial charge in [-0.3, -0.25) is 4.98 Å². The van der Waals surface area contributed by atoms with E-state index in [-0.39, 0.29) is 0 Å². The van der Waals surface area contributed by atoms with Crippen molar-refractivity contribution in [1.82, 2.24) is 10.3 Å². The van der Waals surface area contributed by atoms with E-state index in [9.17, 15) is 0 Å². The Morgan fingerprint density at radius 3 is 3.16 bits per heavy atom. The molecule has 1 fully saturated rings. The second-order valence-corrected chi connectivity index (χ2v) is 5.21. The highest BCUT2D eigenvalue weighted by Gasteiger charge is 2.16. The number of nitrogens with zero attached hydrogens (tertiary/aromatic N) is 2. The van der Waals surface area contributed by atoms with E-state index in [4.69, 9.17) is 0 Å². The van der Waals surface area contributed by atoms with Crippen LogP contribution in [0.4, 0.5) is 5.69 Å². The summed E-state index contributed by atoms with van der Waals surface area (Å²) in [5, 5.41) is 6.16. The fourth-order valence-electron chi connectivity index (χ4n) is 2.90. The molecule has 1 unspecified atom stereocenters. The predicted molar refractivity (Wildman–Crippen MR) is 80.7 cm³/mol. The molecule has 1 aliphatic heterocycles. The Hall–Kier alpha value is -1.61. The van der Waals surface area contributed by atoms with Gasteiger partial charge in [0.05, 0.1) is 0 Å². The maximum absolute atomic E-state index is 4.21. The van der Waals surface area contributed by atoms with Gasteiger partial charge >= 0.3 is 0 Å². The van der Waals surface area contributed by atoms with Gasteiger partial charge in [-0.1, -0.05) is 19.1 Å². The van der Waals surface area contributed by atoms with Crippen LogP contribution in [-0.4, -0.2) is 30.7 Å². The SMILES string of the molecule is CCC1CCN(c2cccc3cnccc23)CCN1. The van der Waals surface area contributed by atoms with Gasteiger partial charge in [-0.25, -0.2) is 0 Å². The number of hydrogen-bond acceptors (Lipinski definition) is 3. The molecule has 3 rings (SSSR count). The number of pyridine rings is 1. The molecule has 2 aromatic rings. The van der Waals surface area contributed by atoms with Crippen molar-refractivity contribution in [3.8, 4) is 0 Å². The van der Waals surface area contributed by atoms with Crippen LogP contribution < -0.4 is 10.2 Å². The summed E-state index contributed by atoms with van der Waals surface area (Å²) in [6.07, 6.45) is 6.27. The van der Waals surface area contributed by atoms with Gasteiger partial charge in [-0.05, 0) is 25.0 Å². The van der Waals surface area contributed by atoms with Crippen molar-refractivity contribution < 1.29 is 0 Å². The van der Waals surface area contributed by atoms with Crippen LogP contribution in [0.25, 0.3) is 10.8 Å². The zero-order valence-electron chi connectivity index (χ0n) is 11.5. The third kappa shape index (κ3) is 2.56. The lowest BCUT2D eigenvalue weighted by atomic mass is 10.1. The summed E-state index contributed by atoms with van der Waals surface area (Å²) in [6, 6.07) is 9.29. The van der Waals surface area contributed by atoms with E-state index < -0.39 is 0 Å². The van der Waals surface area contributed by atoms with Crippen LogP contribution >= 0.6 is 0 Å². The summed E-state index contributed by atoms with van der Waals surface area (Å²) >= 11 is 0. The van der Waals surface area contributed by atoms with Crippen molar-refractivity contribution in [2.45, 2.75) is 25.8 Å². The Balaban J connectivity index is 1.91. The van der Waals surface area contributed by atoms with Crippen molar-refractivity contribution in [2.75, 3.05) is 24.5 Å². The molecule has 2 heterocycles. The fourth-order valence-corrected chi connectivity index (χ4v) is 2.90. The molecule has 0 bridgehead atoms. The summed E-state index contributed by atoms with van der Waals surface area (Å²) < 4.78 is 0. The van der Waals surface area contributed by atoms with Crippen molar-refractivity contribution in [2.24, 2.45) is 0 Å². The molecule has 1 aromatic heterocycles. The number of anilines is 1. The first-order chi connectivity index (χ1) is 9.38. The van der Waals surface area contributed by atoms with Crippen molar-refractivity contribution >= 4 is 16.5 Å². The molecular weight excluding hydrogens is 234 g/mol. The highest BCUT2D eigenvalue weighted by molar-refractivity contribution is 5.93. The van der Waals surface area contributed by atoms with E-state index in [1.54, 1.807) is 0 Å². The van der Waals surface area contributed by atoms with Gasteiger partial charge in [0.1, 0.15) is 0 Å². The van der Waals surface area contributed by atoms with Gasteiger partial charge < -0.3 is 10.2 Å². The number of rotatable bonds is 2. The second-order valence-electron chi connectivity index (χ2n) is 5.21. The number of aromatic nitrogens is 1. The maximum atomic E-state index is 4.21. The maximum Gasteiger partial charge on any atom is 0.0447 e. The first-order valence-corrected chi connectivity index (χ1v) is 7.19. The summed E-state index contributed by atoms with van der Waals surface area (Å²) in [5.41, 5.74) is 1.35. The van der Waals surface area contributed by atoms with Gasteiger partial charge in [0.2, 0.25) is 0 Å². The third-order valence-electron chi connectivity index (χ3n) is 4.05. The van der Waals surface area contributed by atoms with Crippen molar-refractivity contribution in [1.29, 1.82) is 0 Å². The molecule has 3 heteroatoms. The first-order valence-electron chi connectivity index (χ1n) is 7.19. The molecule has 1 saturated heterocycles. The summed E-state index contributed by atoms with van der Waals surface area (Å²) in [4.78, 5) is 6.72. The molecule has 0 saturated carbocycles. The highest BCUT2D eigenvalue weighted by Crippen LogP contribution is 2.26. The highest BCUT2D eigenvalue weighted by atomic mass is 15.2. The Labute approximate surface area is 114 Å². The molecule has 100 valence electrons. The molecule has 0 aliphatic carbocycles. The lowest BCUT2D eigenvalue weighted by Crippen LogP contribution is -2.30. The normalized spacial score (nSPS) is 20.5. The molecular formula is C16H21N3. The molecule has 1 aliphatic rings. The largest absolute Gasteiger partial charge is 0.370 e. The predicted octanol–water partition coefficient (Wildman–Crippen LogP) is 2.81. The Morgan fingerprint density at radius 1 is 1.32 bits per heavy atom. The van der Waals surface area contributed by atoms with Crippen LogP contribution in [0.15, 0.2) is 36.7 Å². The van der Waals surface area contributed by atoms with E-state index in [2.05, 4.69) is 46.4 Å². The minimum absolute atomic E-state index is 0.668. The summed E-state index contributed by atoms with van der Waals surface area (Å²) in [7, 11) is 0. The molecule has 1 N–H and O–H groups in total. The fraction of sp³-hybridized carbons (Fsp3) is 0.438. The summed E-state index contributed by atoms with van der Waals surface area (Å²) in [6.45, 7) is 5.54. The van der Waals surface area contributed by atoms with E-state index in [0.717, 1.165) is 19.6 Å². The van der Waals surface area contributed by atoms with Crippen LogP contribution in [0.5, 0.6) is 0 Å². The van der Waals surface area contributed by atoms with Gasteiger partial charge in [-0.15, -0.1) is 0 Å². The number of fused-ring (bicyclic) bond motifs is 1. The van der Waals surface area contributed by atoms with Crippen LogP contribution in [0.2, 0.25) is 0 Å². The van der Waals surface area contributed by atoms with Gasteiger partial charge in [0, 0.05) is 54.5 Å². The Morgan fingerprint density at radius 2 is 2.26 bits per heavy atom. The lowest BCUT2D eigenvalue weighted by molar-refractivity contribution is 0.510. The Bertz CT molecular complexity index is 547. The third-order valence-corrected chi connectivity index (χ3v) is 4.05. The number of nitrogens with one attached hydrogen (secondary N) is 1. The number of benzene rings is 1. The Kier molecular flexibility index (Phi) is 3.65. The zero-order chi connectivity index (χ0) is 13.1. The minimum Gasteiger partial charge on any atom is -0.370 e. The first kappa shape index (κ1) is 12.4. The summed E-state index contributed by atoms with van der Waals surface area (Å²) in [5.74, 6) is 0. The van der Waals surface area contributed by atoms with Crippen molar-refractivity contribution in [3.05, 3.63) is 36.7 Å². The number of hydrogen-bond donors (Lipinski definition) is 1. The average Bonchev–Trinajstić information content (AvgIpc) is 2.72. The molecule has 3 nitrogen and oxygen atoms in total. The molecule has 1 aromatic carbocycles. The van der Waals surface area contributed by atoms with Crippen LogP contribution in [-0.2, 0) is 0 Å². The molecule has 0 radical (unpaired) electrons. The second kappa shape index (κ2) is 5.57. The van der Waals surface area contributed by atoms with Gasteiger partial charge in [0.15, 0.2) is 0 Å².